The number of rotatable bonds is 12. The van der Waals surface area contributed by atoms with E-state index in [0.29, 0.717) is 25.9 Å². The first kappa shape index (κ1) is 28.6. The van der Waals surface area contributed by atoms with Gasteiger partial charge in [-0.2, -0.15) is 4.72 Å². The highest BCUT2D eigenvalue weighted by atomic mass is 32.2. The van der Waals surface area contributed by atoms with E-state index in [1.807, 2.05) is 4.72 Å². The van der Waals surface area contributed by atoms with Crippen molar-refractivity contribution in [2.75, 3.05) is 32.4 Å². The summed E-state index contributed by atoms with van der Waals surface area (Å²) in [6.45, 7) is 2.40. The van der Waals surface area contributed by atoms with Gasteiger partial charge < -0.3 is 15.0 Å². The first-order chi connectivity index (χ1) is 17.4. The largest absolute Gasteiger partial charge is 0.480 e. The number of amides is 1. The number of aromatic nitrogens is 1. The van der Waals surface area contributed by atoms with Crippen molar-refractivity contribution in [2.24, 2.45) is 0 Å². The molecule has 1 aliphatic rings. The molecule has 1 amide bonds. The number of H-pyrrole nitrogens is 1. The summed E-state index contributed by atoms with van der Waals surface area (Å²) in [5.41, 5.74) is -2.04. The molecule has 2 aromatic rings. The SMILES string of the molecule is CCCCS(=O)(=O)NC(CN(C)C(=O)c1c[nH]c2c(F)c(CNC3NCCN3)c(F)cc2c1=O)C(=O)O. The van der Waals surface area contributed by atoms with Crippen molar-refractivity contribution in [1.29, 1.82) is 0 Å². The molecule has 6 N–H and O–H groups in total. The van der Waals surface area contributed by atoms with E-state index in [0.717, 1.165) is 17.2 Å². The molecule has 15 heteroatoms. The molecule has 1 unspecified atom stereocenters. The Morgan fingerprint density at radius 1 is 1.27 bits per heavy atom. The van der Waals surface area contributed by atoms with Gasteiger partial charge in [0.15, 0.2) is 5.82 Å². The van der Waals surface area contributed by atoms with Crippen molar-refractivity contribution >= 4 is 32.8 Å². The van der Waals surface area contributed by atoms with E-state index in [-0.39, 0.29) is 29.7 Å². The first-order valence-corrected chi connectivity index (χ1v) is 13.3. The highest BCUT2D eigenvalue weighted by Crippen LogP contribution is 2.21. The number of carboxylic acid groups (broad SMARTS) is 1. The van der Waals surface area contributed by atoms with Gasteiger partial charge in [0.2, 0.25) is 15.5 Å². The molecule has 0 bridgehead atoms. The van der Waals surface area contributed by atoms with Gasteiger partial charge >= 0.3 is 5.97 Å². The molecule has 12 nitrogen and oxygen atoms in total. The van der Waals surface area contributed by atoms with Gasteiger partial charge in [-0.1, -0.05) is 13.3 Å². The van der Waals surface area contributed by atoms with Crippen LogP contribution in [0.4, 0.5) is 8.78 Å². The molecule has 1 fully saturated rings. The van der Waals surface area contributed by atoms with E-state index in [9.17, 15) is 32.3 Å². The number of sulfonamides is 1. The third-order valence-corrected chi connectivity index (χ3v) is 7.36. The van der Waals surface area contributed by atoms with Gasteiger partial charge in [-0.25, -0.2) is 17.2 Å². The number of likely N-dealkylation sites (N-methyl/N-ethyl adjacent to an activating group) is 1. The zero-order valence-corrected chi connectivity index (χ0v) is 21.2. The molecule has 0 aliphatic carbocycles. The van der Waals surface area contributed by atoms with Gasteiger partial charge in [0.1, 0.15) is 23.7 Å². The molecule has 1 aromatic heterocycles. The van der Waals surface area contributed by atoms with E-state index in [1.165, 1.54) is 7.05 Å². The van der Waals surface area contributed by atoms with Gasteiger partial charge in [-0.3, -0.25) is 30.3 Å². The van der Waals surface area contributed by atoms with E-state index in [4.69, 9.17) is 0 Å². The van der Waals surface area contributed by atoms with E-state index < -0.39 is 62.5 Å². The lowest BCUT2D eigenvalue weighted by molar-refractivity contribution is -0.139. The smallest absolute Gasteiger partial charge is 0.323 e. The van der Waals surface area contributed by atoms with Gasteiger partial charge in [0.05, 0.1) is 16.7 Å². The van der Waals surface area contributed by atoms with E-state index in [1.54, 1.807) is 6.92 Å². The Morgan fingerprint density at radius 3 is 2.57 bits per heavy atom. The number of nitrogens with zero attached hydrogens (tertiary/aromatic N) is 1. The molecule has 1 atom stereocenters. The number of carbonyl (C=O) groups excluding carboxylic acids is 1. The van der Waals surface area contributed by atoms with Crippen molar-refractivity contribution in [3.8, 4) is 0 Å². The minimum atomic E-state index is -3.92. The number of benzene rings is 1. The Balaban J connectivity index is 1.82. The lowest BCUT2D eigenvalue weighted by Crippen LogP contribution is -2.49. The average Bonchev–Trinajstić information content (AvgIpc) is 3.36. The van der Waals surface area contributed by atoms with Crippen molar-refractivity contribution in [2.45, 2.75) is 38.6 Å². The summed E-state index contributed by atoms with van der Waals surface area (Å²) in [5.74, 6) is -4.71. The highest BCUT2D eigenvalue weighted by Gasteiger charge is 2.28. The van der Waals surface area contributed by atoms with Crippen LogP contribution in [-0.2, 0) is 21.4 Å². The number of fused-ring (bicyclic) bond motifs is 1. The number of halogens is 2. The molecular weight excluding hydrogens is 514 g/mol. The molecule has 1 aliphatic heterocycles. The number of hydrogen-bond donors (Lipinski definition) is 6. The van der Waals surface area contributed by atoms with Crippen LogP contribution in [0.25, 0.3) is 10.9 Å². The minimum Gasteiger partial charge on any atom is -0.480 e. The highest BCUT2D eigenvalue weighted by molar-refractivity contribution is 7.89. The molecule has 0 saturated carbocycles. The Labute approximate surface area is 211 Å². The maximum Gasteiger partial charge on any atom is 0.323 e. The van der Waals surface area contributed by atoms with E-state index >= 15 is 4.39 Å². The van der Waals surface area contributed by atoms with Crippen molar-refractivity contribution in [3.63, 3.8) is 0 Å². The fourth-order valence-electron chi connectivity index (χ4n) is 3.85. The molecule has 204 valence electrons. The third-order valence-electron chi connectivity index (χ3n) is 5.89. The van der Waals surface area contributed by atoms with Crippen LogP contribution in [0.15, 0.2) is 17.1 Å². The number of hydrogen-bond acceptors (Lipinski definition) is 8. The standard InChI is InChI=1S/C22H30F2N6O6S/c1-3-4-7-37(35,36)29-16(21(33)34)11-30(2)20(32)14-10-27-18-12(19(14)31)8-15(23)13(17(18)24)9-28-22-25-5-6-26-22/h8,10,16,22,25-26,28-29H,3-7,9,11H2,1-2H3,(H,27,31)(H,33,34). The molecule has 0 spiro atoms. The summed E-state index contributed by atoms with van der Waals surface area (Å²) in [6, 6.07) is -0.827. The monoisotopic (exact) mass is 544 g/mol. The summed E-state index contributed by atoms with van der Waals surface area (Å²) in [5, 5.41) is 18.0. The number of pyridine rings is 1. The average molecular weight is 545 g/mol. The maximum atomic E-state index is 15.1. The summed E-state index contributed by atoms with van der Waals surface area (Å²) < 4.78 is 56.1. The zero-order chi connectivity index (χ0) is 27.3. The molecule has 37 heavy (non-hydrogen) atoms. The summed E-state index contributed by atoms with van der Waals surface area (Å²) in [4.78, 5) is 40.9. The second-order valence-corrected chi connectivity index (χ2v) is 10.6. The van der Waals surface area contributed by atoms with Gasteiger partial charge in [-0.05, 0) is 12.5 Å². The zero-order valence-electron chi connectivity index (χ0n) is 20.4. The Bertz CT molecular complexity index is 1330. The van der Waals surface area contributed by atoms with Crippen LogP contribution >= 0.6 is 0 Å². The van der Waals surface area contributed by atoms with Crippen molar-refractivity contribution in [1.82, 2.24) is 30.6 Å². The van der Waals surface area contributed by atoms with Crippen LogP contribution in [0.2, 0.25) is 0 Å². The van der Waals surface area contributed by atoms with Crippen LogP contribution in [0.1, 0.15) is 35.7 Å². The molecule has 1 aromatic carbocycles. The predicted molar refractivity (Wildman–Crippen MR) is 131 cm³/mol. The summed E-state index contributed by atoms with van der Waals surface area (Å²) >= 11 is 0. The lowest BCUT2D eigenvalue weighted by Gasteiger charge is -2.22. The van der Waals surface area contributed by atoms with Crippen molar-refractivity contribution in [3.05, 3.63) is 45.2 Å². The second-order valence-electron chi connectivity index (χ2n) is 8.69. The Hall–Kier alpha value is -2.98. The predicted octanol–water partition coefficient (Wildman–Crippen LogP) is -0.383. The van der Waals surface area contributed by atoms with Crippen LogP contribution in [-0.4, -0.2) is 80.1 Å². The lowest BCUT2D eigenvalue weighted by atomic mass is 10.1. The number of carbonyl (C=O) groups is 2. The number of unbranched alkanes of at least 4 members (excludes halogenated alkanes) is 1. The number of aromatic amines is 1. The number of aliphatic carboxylic acids is 1. The summed E-state index contributed by atoms with van der Waals surface area (Å²) in [7, 11) is -2.73. The van der Waals surface area contributed by atoms with Gasteiger partial charge in [-0.15, -0.1) is 0 Å². The van der Waals surface area contributed by atoms with Crippen LogP contribution in [0, 0.1) is 11.6 Å². The molecule has 0 radical (unpaired) electrons. The van der Waals surface area contributed by atoms with E-state index in [2.05, 4.69) is 20.9 Å². The Morgan fingerprint density at radius 2 is 1.95 bits per heavy atom. The fourth-order valence-corrected chi connectivity index (χ4v) is 5.24. The minimum absolute atomic E-state index is 0.172. The first-order valence-electron chi connectivity index (χ1n) is 11.7. The van der Waals surface area contributed by atoms with Crippen LogP contribution in [0.3, 0.4) is 0 Å². The van der Waals surface area contributed by atoms with Gasteiger partial charge in [0, 0.05) is 45.0 Å². The second kappa shape index (κ2) is 12.0. The fraction of sp³-hybridized carbons (Fsp3) is 0.500. The third kappa shape index (κ3) is 6.87. The van der Waals surface area contributed by atoms with Crippen molar-refractivity contribution < 1.29 is 31.9 Å². The normalized spacial score (nSPS) is 15.2. The topological polar surface area (TPSA) is 173 Å². The van der Waals surface area contributed by atoms with Crippen LogP contribution in [0.5, 0.6) is 0 Å². The molecular formula is C22H30F2N6O6S. The quantitative estimate of drug-likeness (QED) is 0.208. The Kier molecular flexibility index (Phi) is 9.31. The number of nitrogens with one attached hydrogen (secondary N) is 5. The molecule has 2 heterocycles. The molecule has 3 rings (SSSR count). The molecule has 1 saturated heterocycles. The van der Waals surface area contributed by atoms with Gasteiger partial charge in [0.25, 0.3) is 5.91 Å². The summed E-state index contributed by atoms with van der Waals surface area (Å²) in [6.07, 6.45) is 1.54. The maximum absolute atomic E-state index is 15.1. The van der Waals surface area contributed by atoms with Crippen LogP contribution < -0.4 is 26.1 Å². The number of carboxylic acids is 1.